The zero-order chi connectivity index (χ0) is 9.99. The van der Waals surface area contributed by atoms with E-state index in [-0.39, 0.29) is 9.68 Å². The van der Waals surface area contributed by atoms with Gasteiger partial charge in [-0.05, 0) is 0 Å². The Morgan fingerprint density at radius 1 is 1.00 bits per heavy atom. The zero-order valence-electron chi connectivity index (χ0n) is 9.24. The van der Waals surface area contributed by atoms with Crippen molar-refractivity contribution in [1.29, 1.82) is 0 Å². The van der Waals surface area contributed by atoms with Gasteiger partial charge in [-0.25, -0.2) is 0 Å². The van der Waals surface area contributed by atoms with Crippen LogP contribution in [0.1, 0.15) is 0 Å². The maximum absolute atomic E-state index is 5.87. The van der Waals surface area contributed by atoms with E-state index >= 15 is 0 Å². The molecule has 0 heterocycles. The fourth-order valence-electron chi connectivity index (χ4n) is 1.76. The molecular formula is C7H22ClNSi3. The first kappa shape index (κ1) is 12.9. The van der Waals surface area contributed by atoms with Gasteiger partial charge in [0, 0.05) is 5.50 Å². The standard InChI is InChI=1S/C7H22ClNSi3/c1-11(2,3)9(10-7-8)12(4,5)6/h7,10H2,1-6H3. The van der Waals surface area contributed by atoms with E-state index in [0.29, 0.717) is 0 Å². The van der Waals surface area contributed by atoms with E-state index in [1.807, 2.05) is 0 Å². The maximum atomic E-state index is 5.87. The molecule has 0 aromatic heterocycles. The Morgan fingerprint density at radius 2 is 1.33 bits per heavy atom. The van der Waals surface area contributed by atoms with Crippen molar-refractivity contribution in [2.75, 3.05) is 5.50 Å². The van der Waals surface area contributed by atoms with Crippen LogP contribution < -0.4 is 0 Å². The number of halogens is 1. The van der Waals surface area contributed by atoms with Crippen molar-refractivity contribution < 1.29 is 0 Å². The monoisotopic (exact) mass is 239 g/mol. The molecule has 0 atom stereocenters. The van der Waals surface area contributed by atoms with Gasteiger partial charge in [0.25, 0.3) is 0 Å². The summed E-state index contributed by atoms with van der Waals surface area (Å²) in [5.74, 6) is 0. The van der Waals surface area contributed by atoms with Crippen molar-refractivity contribution in [2.45, 2.75) is 39.3 Å². The lowest BCUT2D eigenvalue weighted by molar-refractivity contribution is 0.953. The molecule has 0 fully saturated rings. The minimum absolute atomic E-state index is 0.150. The third-order valence-corrected chi connectivity index (χ3v) is 17.3. The highest BCUT2D eigenvalue weighted by molar-refractivity contribution is 6.96. The van der Waals surface area contributed by atoms with E-state index in [4.69, 9.17) is 11.6 Å². The van der Waals surface area contributed by atoms with Gasteiger partial charge in [-0.1, -0.05) is 39.3 Å². The van der Waals surface area contributed by atoms with Crippen molar-refractivity contribution >= 4 is 37.8 Å². The predicted octanol–water partition coefficient (Wildman–Crippen LogP) is 2.24. The molecule has 0 saturated heterocycles. The van der Waals surface area contributed by atoms with Crippen LogP contribution in [-0.4, -0.2) is 35.6 Å². The molecule has 0 rings (SSSR count). The summed E-state index contributed by atoms with van der Waals surface area (Å²) in [5, 5.41) is 0. The summed E-state index contributed by atoms with van der Waals surface area (Å²) in [6, 6.07) is 0. The third-order valence-electron chi connectivity index (χ3n) is 1.93. The van der Waals surface area contributed by atoms with Crippen LogP contribution in [0.5, 0.6) is 0 Å². The number of alkyl halides is 1. The molecule has 0 aromatic rings. The first-order valence-corrected chi connectivity index (χ1v) is 13.6. The fraction of sp³-hybridized carbons (Fsp3) is 1.00. The van der Waals surface area contributed by atoms with Crippen molar-refractivity contribution in [1.82, 2.24) is 3.90 Å². The van der Waals surface area contributed by atoms with Crippen LogP contribution in [0.15, 0.2) is 0 Å². The molecule has 0 amide bonds. The molecule has 5 heteroatoms. The van der Waals surface area contributed by atoms with E-state index < -0.39 is 16.5 Å². The molecule has 0 spiro atoms. The van der Waals surface area contributed by atoms with Gasteiger partial charge in [-0.3, -0.25) is 0 Å². The van der Waals surface area contributed by atoms with Crippen LogP contribution in [0.4, 0.5) is 0 Å². The topological polar surface area (TPSA) is 3.24 Å². The van der Waals surface area contributed by atoms with Gasteiger partial charge in [0.2, 0.25) is 0 Å². The first-order chi connectivity index (χ1) is 5.19. The van der Waals surface area contributed by atoms with E-state index in [9.17, 15) is 0 Å². The van der Waals surface area contributed by atoms with Crippen LogP contribution in [0.2, 0.25) is 39.3 Å². The summed E-state index contributed by atoms with van der Waals surface area (Å²) < 4.78 is 2.84. The summed E-state index contributed by atoms with van der Waals surface area (Å²) in [6.07, 6.45) is 0. The van der Waals surface area contributed by atoms with Crippen molar-refractivity contribution in [2.24, 2.45) is 0 Å². The number of hydrogen-bond donors (Lipinski definition) is 0. The Hall–Kier alpha value is 0.901. The lowest BCUT2D eigenvalue weighted by Gasteiger charge is -2.43. The minimum Gasteiger partial charge on any atom is -0.373 e. The highest BCUT2D eigenvalue weighted by atomic mass is 35.5. The maximum Gasteiger partial charge on any atom is 0.105 e. The van der Waals surface area contributed by atoms with Crippen LogP contribution in [0.25, 0.3) is 0 Å². The van der Waals surface area contributed by atoms with E-state index in [1.54, 1.807) is 0 Å². The van der Waals surface area contributed by atoms with Crippen LogP contribution in [0, 0.1) is 0 Å². The van der Waals surface area contributed by atoms with Gasteiger partial charge in [-0.2, -0.15) is 0 Å². The predicted molar refractivity (Wildman–Crippen MR) is 67.8 cm³/mol. The Labute approximate surface area is 86.6 Å². The van der Waals surface area contributed by atoms with Gasteiger partial charge in [0.05, 0.1) is 9.68 Å². The highest BCUT2D eigenvalue weighted by Gasteiger charge is 2.33. The summed E-state index contributed by atoms with van der Waals surface area (Å²) in [6.45, 7) is 14.6. The van der Waals surface area contributed by atoms with Crippen molar-refractivity contribution in [3.8, 4) is 0 Å². The number of hydrogen-bond acceptors (Lipinski definition) is 1. The SMILES string of the molecule is C[Si](C)(C)N([SiH2]CCl)[Si](C)(C)C. The van der Waals surface area contributed by atoms with Gasteiger partial charge in [-0.15, -0.1) is 11.6 Å². The zero-order valence-corrected chi connectivity index (χ0v) is 13.4. The highest BCUT2D eigenvalue weighted by Crippen LogP contribution is 2.17. The van der Waals surface area contributed by atoms with Crippen molar-refractivity contribution in [3.05, 3.63) is 0 Å². The summed E-state index contributed by atoms with van der Waals surface area (Å²) >= 11 is 5.87. The minimum atomic E-state index is -1.07. The van der Waals surface area contributed by atoms with Crippen LogP contribution >= 0.6 is 11.6 Å². The van der Waals surface area contributed by atoms with Gasteiger partial charge in [0.1, 0.15) is 16.5 Å². The third kappa shape index (κ3) is 4.23. The molecule has 0 aliphatic heterocycles. The average Bonchev–Trinajstić information content (AvgIpc) is 1.77. The number of rotatable bonds is 4. The molecule has 0 radical (unpaired) electrons. The second kappa shape index (κ2) is 4.41. The van der Waals surface area contributed by atoms with E-state index in [2.05, 4.69) is 43.2 Å². The quantitative estimate of drug-likeness (QED) is 0.538. The molecule has 0 N–H and O–H groups in total. The summed E-state index contributed by atoms with van der Waals surface area (Å²) in [5.41, 5.74) is 0.911. The molecule has 12 heavy (non-hydrogen) atoms. The van der Waals surface area contributed by atoms with Gasteiger partial charge >= 0.3 is 0 Å². The normalized spacial score (nSPS) is 15.0. The lowest BCUT2D eigenvalue weighted by Crippen LogP contribution is -2.61. The molecule has 0 saturated carbocycles. The molecule has 0 aromatic carbocycles. The lowest BCUT2D eigenvalue weighted by atomic mass is 11.8. The second-order valence-electron chi connectivity index (χ2n) is 5.18. The smallest absolute Gasteiger partial charge is 0.105 e. The van der Waals surface area contributed by atoms with Crippen molar-refractivity contribution in [3.63, 3.8) is 0 Å². The summed E-state index contributed by atoms with van der Waals surface area (Å²) in [7, 11) is -2.29. The fourth-order valence-corrected chi connectivity index (χ4v) is 17.4. The van der Waals surface area contributed by atoms with Gasteiger partial charge < -0.3 is 3.90 Å². The van der Waals surface area contributed by atoms with E-state index in [1.165, 1.54) is 0 Å². The Kier molecular flexibility index (Phi) is 4.74. The first-order valence-electron chi connectivity index (χ1n) is 4.53. The molecule has 74 valence electrons. The summed E-state index contributed by atoms with van der Waals surface area (Å²) in [4.78, 5) is 0. The molecule has 0 unspecified atom stereocenters. The van der Waals surface area contributed by atoms with Crippen LogP contribution in [-0.2, 0) is 0 Å². The van der Waals surface area contributed by atoms with E-state index in [0.717, 1.165) is 5.50 Å². The van der Waals surface area contributed by atoms with Gasteiger partial charge in [0.15, 0.2) is 0 Å². The largest absolute Gasteiger partial charge is 0.373 e. The molecule has 1 nitrogen and oxygen atoms in total. The molecule has 0 bridgehead atoms. The molecular weight excluding hydrogens is 218 g/mol. The Balaban J connectivity index is 4.45. The second-order valence-corrected chi connectivity index (χ2v) is 19.2. The Bertz CT molecular complexity index is 125. The van der Waals surface area contributed by atoms with Crippen LogP contribution in [0.3, 0.4) is 0 Å². The molecule has 0 aliphatic rings. The number of nitrogens with zero attached hydrogens (tertiary/aromatic N) is 1. The average molecular weight is 240 g/mol. The molecule has 0 aliphatic carbocycles. The Morgan fingerprint density at radius 3 is 1.42 bits per heavy atom.